The van der Waals surface area contributed by atoms with Crippen molar-refractivity contribution in [3.8, 4) is 0 Å². The summed E-state index contributed by atoms with van der Waals surface area (Å²) in [5, 5.41) is 6.59. The van der Waals surface area contributed by atoms with Gasteiger partial charge >= 0.3 is 0 Å². The minimum atomic E-state index is -0.642. The Morgan fingerprint density at radius 3 is 2.73 bits per heavy atom. The Morgan fingerprint density at radius 2 is 1.93 bits per heavy atom. The number of likely N-dealkylation sites (N-methyl/N-ethyl adjacent to an activating group) is 1. The van der Waals surface area contributed by atoms with Crippen LogP contribution < -0.4 is 10.6 Å². The number of rotatable bonds is 1. The molecule has 3 fully saturated rings. The zero-order valence-electron chi connectivity index (χ0n) is 16.8. The van der Waals surface area contributed by atoms with Gasteiger partial charge in [0.15, 0.2) is 0 Å². The molecule has 0 saturated carbocycles. The third-order valence-corrected chi connectivity index (χ3v) is 7.40. The third-order valence-electron chi connectivity index (χ3n) is 7.40. The molecule has 0 aliphatic carbocycles. The second kappa shape index (κ2) is 5.85. The molecule has 4 atom stereocenters. The van der Waals surface area contributed by atoms with Crippen LogP contribution >= 0.6 is 0 Å². The van der Waals surface area contributed by atoms with Crippen LogP contribution in [-0.2, 0) is 14.3 Å². The van der Waals surface area contributed by atoms with Gasteiger partial charge in [0.2, 0.25) is 11.8 Å². The number of carbonyl (C=O) groups excluding carboxylic acids is 3. The van der Waals surface area contributed by atoms with Gasteiger partial charge in [0.1, 0.15) is 11.3 Å². The first kappa shape index (κ1) is 17.9. The van der Waals surface area contributed by atoms with Crippen LogP contribution in [0.15, 0.2) is 36.4 Å². The Kier molecular flexibility index (Phi) is 3.50. The Bertz CT molecular complexity index is 999. The van der Waals surface area contributed by atoms with E-state index in [0.717, 1.165) is 5.69 Å². The highest BCUT2D eigenvalue weighted by atomic mass is 16.5. The number of piperidine rings is 1. The molecule has 1 aromatic rings. The van der Waals surface area contributed by atoms with E-state index >= 15 is 0 Å². The zero-order valence-corrected chi connectivity index (χ0v) is 16.8. The van der Waals surface area contributed by atoms with Crippen LogP contribution in [0.5, 0.6) is 0 Å². The van der Waals surface area contributed by atoms with Gasteiger partial charge in [0.25, 0.3) is 5.91 Å². The molecule has 3 saturated heterocycles. The monoisotopic (exact) mass is 408 g/mol. The van der Waals surface area contributed by atoms with E-state index in [4.69, 9.17) is 4.74 Å². The second-order valence-electron chi connectivity index (χ2n) is 9.13. The van der Waals surface area contributed by atoms with Crippen molar-refractivity contribution in [2.24, 2.45) is 11.8 Å². The largest absolute Gasteiger partial charge is 0.362 e. The van der Waals surface area contributed by atoms with E-state index in [1.54, 1.807) is 18.0 Å². The molecule has 8 heteroatoms. The molecular formula is C22H24N4O4. The highest BCUT2D eigenvalue weighted by molar-refractivity contribution is 6.02. The number of nitrogens with zero attached hydrogens (tertiary/aromatic N) is 2. The lowest BCUT2D eigenvalue weighted by Crippen LogP contribution is -2.63. The molecule has 0 aromatic heterocycles. The number of para-hydroxylation sites is 1. The maximum Gasteiger partial charge on any atom is 0.255 e. The van der Waals surface area contributed by atoms with Crippen LogP contribution in [-0.4, -0.2) is 71.6 Å². The fourth-order valence-corrected chi connectivity index (χ4v) is 5.91. The number of anilines is 1. The van der Waals surface area contributed by atoms with Crippen LogP contribution in [0.3, 0.4) is 0 Å². The van der Waals surface area contributed by atoms with Crippen molar-refractivity contribution in [3.05, 3.63) is 42.0 Å². The molecule has 2 bridgehead atoms. The number of hydrogen-bond donors (Lipinski definition) is 2. The van der Waals surface area contributed by atoms with E-state index in [1.165, 1.54) is 0 Å². The molecule has 8 nitrogen and oxygen atoms in total. The number of carbonyl (C=O) groups is 3. The van der Waals surface area contributed by atoms with Crippen molar-refractivity contribution in [2.45, 2.75) is 30.2 Å². The normalized spacial score (nSPS) is 35.3. The first-order valence-electron chi connectivity index (χ1n) is 10.5. The molecule has 0 radical (unpaired) electrons. The molecule has 1 aromatic carbocycles. The van der Waals surface area contributed by atoms with Crippen LogP contribution in [0.1, 0.15) is 23.2 Å². The molecule has 156 valence electrons. The first-order valence-corrected chi connectivity index (χ1v) is 10.5. The lowest BCUT2D eigenvalue weighted by atomic mass is 9.76. The minimum Gasteiger partial charge on any atom is -0.362 e. The van der Waals surface area contributed by atoms with Gasteiger partial charge in [0.05, 0.1) is 30.0 Å². The molecule has 5 aliphatic rings. The predicted octanol–water partition coefficient (Wildman–Crippen LogP) is 0.572. The summed E-state index contributed by atoms with van der Waals surface area (Å²) in [7, 11) is 1.77. The summed E-state index contributed by atoms with van der Waals surface area (Å²) in [6.07, 6.45) is 4.80. The number of amides is 3. The SMILES string of the molecule is CN1CC23C=CC(O2)C(C(=O)N2CCC4(CC2)NC(=O)c2ccccc2N4)C3C1=O. The van der Waals surface area contributed by atoms with Gasteiger partial charge in [-0.1, -0.05) is 24.3 Å². The standard InChI is InChI=1S/C22H24N4O4/c1-25-12-21-7-6-15(30-21)16(17(21)20(25)29)19(28)26-10-8-22(9-11-26)23-14-5-3-2-4-13(14)18(27)24-22/h2-7,15-17,23H,8-12H2,1H3,(H,24,27). The number of likely N-dealkylation sites (tertiary alicyclic amines) is 2. The lowest BCUT2D eigenvalue weighted by molar-refractivity contribution is -0.144. The predicted molar refractivity (Wildman–Crippen MR) is 107 cm³/mol. The molecule has 5 aliphatic heterocycles. The van der Waals surface area contributed by atoms with E-state index in [-0.39, 0.29) is 23.8 Å². The van der Waals surface area contributed by atoms with Gasteiger partial charge < -0.3 is 25.2 Å². The molecule has 2 N–H and O–H groups in total. The Balaban J connectivity index is 1.19. The molecule has 2 spiro atoms. The number of nitrogens with one attached hydrogen (secondary N) is 2. The van der Waals surface area contributed by atoms with Gasteiger partial charge in [-0.05, 0) is 12.1 Å². The Morgan fingerprint density at radius 1 is 1.17 bits per heavy atom. The number of ether oxygens (including phenoxy) is 1. The van der Waals surface area contributed by atoms with Gasteiger partial charge in [0, 0.05) is 38.7 Å². The first-order chi connectivity index (χ1) is 14.4. The molecule has 30 heavy (non-hydrogen) atoms. The van der Waals surface area contributed by atoms with E-state index in [1.807, 2.05) is 35.3 Å². The third kappa shape index (κ3) is 2.28. The van der Waals surface area contributed by atoms with Crippen LogP contribution in [0.25, 0.3) is 0 Å². The average molecular weight is 408 g/mol. The summed E-state index contributed by atoms with van der Waals surface area (Å²) in [4.78, 5) is 42.3. The minimum absolute atomic E-state index is 0.00787. The highest BCUT2D eigenvalue weighted by Gasteiger charge is 2.66. The molecule has 5 heterocycles. The number of hydrogen-bond acceptors (Lipinski definition) is 5. The lowest BCUT2D eigenvalue weighted by Gasteiger charge is -2.46. The van der Waals surface area contributed by atoms with Crippen molar-refractivity contribution in [1.29, 1.82) is 0 Å². The van der Waals surface area contributed by atoms with Crippen molar-refractivity contribution < 1.29 is 19.1 Å². The van der Waals surface area contributed by atoms with Crippen molar-refractivity contribution >= 4 is 23.4 Å². The fraction of sp³-hybridized carbons (Fsp3) is 0.500. The van der Waals surface area contributed by atoms with Crippen molar-refractivity contribution in [3.63, 3.8) is 0 Å². The highest BCUT2D eigenvalue weighted by Crippen LogP contribution is 2.52. The summed E-state index contributed by atoms with van der Waals surface area (Å²) in [6.45, 7) is 1.54. The van der Waals surface area contributed by atoms with E-state index in [9.17, 15) is 14.4 Å². The number of fused-ring (bicyclic) bond motifs is 2. The van der Waals surface area contributed by atoms with E-state index in [2.05, 4.69) is 10.6 Å². The Labute approximate surface area is 174 Å². The summed E-state index contributed by atoms with van der Waals surface area (Å²) in [5.74, 6) is -1.00. The molecule has 4 unspecified atom stereocenters. The number of benzene rings is 1. The van der Waals surface area contributed by atoms with Gasteiger partial charge in [-0.3, -0.25) is 14.4 Å². The summed E-state index contributed by atoms with van der Waals surface area (Å²) >= 11 is 0. The van der Waals surface area contributed by atoms with Crippen LogP contribution in [0, 0.1) is 11.8 Å². The zero-order chi connectivity index (χ0) is 20.7. The summed E-state index contributed by atoms with van der Waals surface area (Å²) in [5.41, 5.74) is 0.282. The summed E-state index contributed by atoms with van der Waals surface area (Å²) in [6, 6.07) is 7.47. The van der Waals surface area contributed by atoms with Crippen LogP contribution in [0.2, 0.25) is 0 Å². The maximum absolute atomic E-state index is 13.4. The van der Waals surface area contributed by atoms with E-state index < -0.39 is 23.1 Å². The van der Waals surface area contributed by atoms with Gasteiger partial charge in [-0.25, -0.2) is 0 Å². The topological polar surface area (TPSA) is 91.0 Å². The van der Waals surface area contributed by atoms with Gasteiger partial charge in [-0.2, -0.15) is 0 Å². The fourth-order valence-electron chi connectivity index (χ4n) is 5.91. The quantitative estimate of drug-likeness (QED) is 0.663. The smallest absolute Gasteiger partial charge is 0.255 e. The maximum atomic E-state index is 13.4. The molecule has 6 rings (SSSR count). The van der Waals surface area contributed by atoms with Crippen molar-refractivity contribution in [1.82, 2.24) is 15.1 Å². The Hall–Kier alpha value is -2.87. The van der Waals surface area contributed by atoms with Crippen LogP contribution in [0.4, 0.5) is 5.69 Å². The average Bonchev–Trinajstić information content (AvgIpc) is 3.36. The van der Waals surface area contributed by atoms with Gasteiger partial charge in [-0.15, -0.1) is 0 Å². The molecular weight excluding hydrogens is 384 g/mol. The van der Waals surface area contributed by atoms with E-state index in [0.29, 0.717) is 38.0 Å². The second-order valence-corrected chi connectivity index (χ2v) is 9.13. The summed E-state index contributed by atoms with van der Waals surface area (Å²) < 4.78 is 6.12. The molecule has 3 amide bonds. The van der Waals surface area contributed by atoms with Crippen molar-refractivity contribution in [2.75, 3.05) is 32.0 Å².